The lowest BCUT2D eigenvalue weighted by Crippen LogP contribution is -2.34. The predicted octanol–water partition coefficient (Wildman–Crippen LogP) is 3.98. The van der Waals surface area contributed by atoms with Crippen molar-refractivity contribution in [1.82, 2.24) is 4.90 Å². The topological polar surface area (TPSA) is 41.9 Å². The Balaban J connectivity index is 1.43. The first-order valence-corrected chi connectivity index (χ1v) is 9.80. The summed E-state index contributed by atoms with van der Waals surface area (Å²) in [5.41, 5.74) is 2.70. The molecule has 0 unspecified atom stereocenters. The van der Waals surface area contributed by atoms with E-state index in [2.05, 4.69) is 17.1 Å². The minimum atomic E-state index is 0.00241. The summed E-state index contributed by atoms with van der Waals surface area (Å²) >= 11 is 1.65. The van der Waals surface area contributed by atoms with Crippen LogP contribution in [0.1, 0.15) is 17.5 Å². The van der Waals surface area contributed by atoms with Gasteiger partial charge in [0.15, 0.2) is 5.17 Å². The Kier molecular flexibility index (Phi) is 5.07. The van der Waals surface area contributed by atoms with Gasteiger partial charge in [0.1, 0.15) is 11.4 Å². The summed E-state index contributed by atoms with van der Waals surface area (Å²) in [5.74, 6) is 1.84. The van der Waals surface area contributed by atoms with Gasteiger partial charge in [0.05, 0.1) is 6.61 Å². The molecular weight excluding hydrogens is 344 g/mol. The molecule has 2 aliphatic rings. The molecule has 132 valence electrons. The number of aliphatic imine (C=N–C) groups is 1. The summed E-state index contributed by atoms with van der Waals surface area (Å²) in [6.07, 6.45) is 3.73. The lowest BCUT2D eigenvalue weighted by molar-refractivity contribution is -0.122. The highest BCUT2D eigenvalue weighted by Gasteiger charge is 2.32. The number of hydrogen-bond acceptors (Lipinski definition) is 4. The third-order valence-electron chi connectivity index (χ3n) is 4.33. The second kappa shape index (κ2) is 7.79. The van der Waals surface area contributed by atoms with Gasteiger partial charge in [-0.05, 0) is 35.8 Å². The number of benzene rings is 2. The number of rotatable bonds is 5. The quantitative estimate of drug-likeness (QED) is 0.754. The second-order valence-corrected chi connectivity index (χ2v) is 7.30. The van der Waals surface area contributed by atoms with Crippen molar-refractivity contribution < 1.29 is 9.53 Å². The molecule has 0 saturated carbocycles. The van der Waals surface area contributed by atoms with Crippen LogP contribution >= 0.6 is 11.8 Å². The van der Waals surface area contributed by atoms with Crippen molar-refractivity contribution in [3.8, 4) is 5.75 Å². The van der Waals surface area contributed by atoms with Crippen LogP contribution in [0.3, 0.4) is 0 Å². The van der Waals surface area contributed by atoms with Gasteiger partial charge in [-0.15, -0.1) is 0 Å². The van der Waals surface area contributed by atoms with Crippen molar-refractivity contribution in [2.75, 3.05) is 18.9 Å². The van der Waals surface area contributed by atoms with E-state index in [4.69, 9.17) is 4.74 Å². The van der Waals surface area contributed by atoms with Gasteiger partial charge in [0.2, 0.25) is 0 Å². The summed E-state index contributed by atoms with van der Waals surface area (Å²) in [4.78, 5) is 18.7. The molecule has 1 saturated heterocycles. The Labute approximate surface area is 157 Å². The normalized spacial score (nSPS) is 18.0. The summed E-state index contributed by atoms with van der Waals surface area (Å²) < 4.78 is 5.87. The Morgan fingerprint density at radius 2 is 2.04 bits per heavy atom. The maximum absolute atomic E-state index is 12.5. The van der Waals surface area contributed by atoms with Crippen molar-refractivity contribution in [1.29, 1.82) is 0 Å². The molecule has 2 aromatic carbocycles. The third-order valence-corrected chi connectivity index (χ3v) is 5.39. The largest absolute Gasteiger partial charge is 0.493 e. The lowest BCUT2D eigenvalue weighted by atomic mass is 10.1. The Hall–Kier alpha value is -2.53. The van der Waals surface area contributed by atoms with Crippen LogP contribution in [0.2, 0.25) is 0 Å². The summed E-state index contributed by atoms with van der Waals surface area (Å²) in [7, 11) is 0. The fourth-order valence-electron chi connectivity index (χ4n) is 3.01. The molecular formula is C21H20N2O2S. The van der Waals surface area contributed by atoms with Gasteiger partial charge in [-0.1, -0.05) is 54.2 Å². The summed E-state index contributed by atoms with van der Waals surface area (Å²) in [5, 5.41) is 0.836. The Morgan fingerprint density at radius 1 is 1.15 bits per heavy atom. The van der Waals surface area contributed by atoms with Crippen molar-refractivity contribution in [3.63, 3.8) is 0 Å². The fourth-order valence-corrected chi connectivity index (χ4v) is 3.96. The van der Waals surface area contributed by atoms with Gasteiger partial charge in [-0.3, -0.25) is 9.69 Å². The van der Waals surface area contributed by atoms with Crippen LogP contribution in [0.15, 0.2) is 65.3 Å². The van der Waals surface area contributed by atoms with Crippen LogP contribution < -0.4 is 4.74 Å². The highest BCUT2D eigenvalue weighted by Crippen LogP contribution is 2.28. The number of hydrogen-bond donors (Lipinski definition) is 0. The number of fused-ring (bicyclic) bond motifs is 1. The average Bonchev–Trinajstić information content (AvgIpc) is 2.99. The third kappa shape index (κ3) is 3.83. The number of nitrogens with zero attached hydrogens (tertiary/aromatic N) is 2. The molecule has 0 spiro atoms. The molecule has 0 atom stereocenters. The van der Waals surface area contributed by atoms with Gasteiger partial charge in [-0.2, -0.15) is 0 Å². The molecule has 2 aromatic rings. The summed E-state index contributed by atoms with van der Waals surface area (Å²) in [6, 6.07) is 18.1. The van der Waals surface area contributed by atoms with E-state index in [1.165, 1.54) is 5.56 Å². The minimum Gasteiger partial charge on any atom is -0.493 e. The van der Waals surface area contributed by atoms with E-state index in [-0.39, 0.29) is 5.91 Å². The first kappa shape index (κ1) is 16.9. The standard InChI is InChI=1S/C21H20N2O2S/c24-20-19(22-21-23(20)11-5-13-26-21)15-17-8-4-9-18(14-17)25-12-10-16-6-2-1-3-7-16/h1-4,6-9,14-15H,5,10-13H2/b19-15-. The molecule has 0 bridgehead atoms. The van der Waals surface area contributed by atoms with Crippen molar-refractivity contribution in [2.24, 2.45) is 4.99 Å². The lowest BCUT2D eigenvalue weighted by Gasteiger charge is -2.21. The molecule has 4 nitrogen and oxygen atoms in total. The maximum atomic E-state index is 12.5. The zero-order valence-electron chi connectivity index (χ0n) is 14.4. The number of thioether (sulfide) groups is 1. The van der Waals surface area contributed by atoms with Gasteiger partial charge in [0.25, 0.3) is 5.91 Å². The van der Waals surface area contributed by atoms with E-state index in [1.807, 2.05) is 48.5 Å². The van der Waals surface area contributed by atoms with E-state index in [9.17, 15) is 4.79 Å². The number of carbonyl (C=O) groups is 1. The molecule has 1 amide bonds. The number of amides is 1. The average molecular weight is 364 g/mol. The summed E-state index contributed by atoms with van der Waals surface area (Å²) in [6.45, 7) is 1.39. The van der Waals surface area contributed by atoms with Crippen LogP contribution in [-0.2, 0) is 11.2 Å². The predicted molar refractivity (Wildman–Crippen MR) is 106 cm³/mol. The van der Waals surface area contributed by atoms with E-state index in [0.717, 1.165) is 41.6 Å². The Morgan fingerprint density at radius 3 is 2.88 bits per heavy atom. The molecule has 0 aromatic heterocycles. The monoisotopic (exact) mass is 364 g/mol. The molecule has 0 radical (unpaired) electrons. The van der Waals surface area contributed by atoms with E-state index in [0.29, 0.717) is 12.3 Å². The highest BCUT2D eigenvalue weighted by atomic mass is 32.2. The van der Waals surface area contributed by atoms with Crippen molar-refractivity contribution in [2.45, 2.75) is 12.8 Å². The highest BCUT2D eigenvalue weighted by molar-refractivity contribution is 8.13. The van der Waals surface area contributed by atoms with Crippen LogP contribution in [0, 0.1) is 0 Å². The maximum Gasteiger partial charge on any atom is 0.278 e. The number of carbonyl (C=O) groups excluding carboxylic acids is 1. The molecule has 0 aliphatic carbocycles. The van der Waals surface area contributed by atoms with Crippen LogP contribution in [0.25, 0.3) is 6.08 Å². The van der Waals surface area contributed by atoms with Crippen molar-refractivity contribution in [3.05, 3.63) is 71.4 Å². The van der Waals surface area contributed by atoms with E-state index in [1.54, 1.807) is 16.7 Å². The minimum absolute atomic E-state index is 0.00241. The zero-order chi connectivity index (χ0) is 17.8. The van der Waals surface area contributed by atoms with E-state index >= 15 is 0 Å². The van der Waals surface area contributed by atoms with Gasteiger partial charge >= 0.3 is 0 Å². The molecule has 1 fully saturated rings. The van der Waals surface area contributed by atoms with E-state index < -0.39 is 0 Å². The molecule has 2 heterocycles. The van der Waals surface area contributed by atoms with Crippen molar-refractivity contribution >= 4 is 28.9 Å². The van der Waals surface area contributed by atoms with Crippen LogP contribution in [0.4, 0.5) is 0 Å². The van der Waals surface area contributed by atoms with Crippen LogP contribution in [0.5, 0.6) is 5.75 Å². The second-order valence-electron chi connectivity index (χ2n) is 6.24. The molecule has 2 aliphatic heterocycles. The van der Waals surface area contributed by atoms with Gasteiger partial charge in [-0.25, -0.2) is 4.99 Å². The SMILES string of the molecule is O=C1/C(=C/c2cccc(OCCc3ccccc3)c2)N=C2SCCCN12. The van der Waals surface area contributed by atoms with Gasteiger partial charge in [0, 0.05) is 18.7 Å². The molecule has 0 N–H and O–H groups in total. The van der Waals surface area contributed by atoms with Gasteiger partial charge < -0.3 is 4.74 Å². The first-order valence-electron chi connectivity index (χ1n) is 8.81. The number of ether oxygens (including phenoxy) is 1. The number of amidine groups is 1. The fraction of sp³-hybridized carbons (Fsp3) is 0.238. The van der Waals surface area contributed by atoms with Crippen LogP contribution in [-0.4, -0.2) is 34.9 Å². The molecule has 4 rings (SSSR count). The molecule has 26 heavy (non-hydrogen) atoms. The zero-order valence-corrected chi connectivity index (χ0v) is 15.2. The Bertz CT molecular complexity index is 861. The molecule has 5 heteroatoms. The first-order chi connectivity index (χ1) is 12.8. The smallest absolute Gasteiger partial charge is 0.278 e.